The fourth-order valence-corrected chi connectivity index (χ4v) is 6.59. The lowest BCUT2D eigenvalue weighted by Crippen LogP contribution is -2.40. The molecular formula is C32H31F3N4O3. The van der Waals surface area contributed by atoms with Crippen molar-refractivity contribution in [1.82, 2.24) is 15.1 Å². The minimum Gasteiger partial charge on any atom is -0.405 e. The monoisotopic (exact) mass is 576 g/mol. The summed E-state index contributed by atoms with van der Waals surface area (Å²) < 4.78 is 55.8. The van der Waals surface area contributed by atoms with Gasteiger partial charge in [-0.15, -0.1) is 13.2 Å². The number of benzene rings is 2. The molecular weight excluding hydrogens is 545 g/mol. The van der Waals surface area contributed by atoms with E-state index < -0.39 is 6.36 Å². The Morgan fingerprint density at radius 3 is 2.24 bits per heavy atom. The van der Waals surface area contributed by atoms with E-state index in [0.29, 0.717) is 29.2 Å². The molecule has 0 saturated heterocycles. The first kappa shape index (κ1) is 26.9. The van der Waals surface area contributed by atoms with Gasteiger partial charge in [-0.25, -0.2) is 9.97 Å². The Morgan fingerprint density at radius 1 is 0.857 bits per heavy atom. The van der Waals surface area contributed by atoms with Crippen molar-refractivity contribution >= 4 is 5.95 Å². The summed E-state index contributed by atoms with van der Waals surface area (Å²) in [6, 6.07) is 16.4. The molecule has 0 radical (unpaired) electrons. The van der Waals surface area contributed by atoms with E-state index in [0.717, 1.165) is 55.2 Å². The van der Waals surface area contributed by atoms with E-state index in [4.69, 9.17) is 9.26 Å². The summed E-state index contributed by atoms with van der Waals surface area (Å²) >= 11 is 0. The predicted octanol–water partition coefficient (Wildman–Crippen LogP) is 7.76. The summed E-state index contributed by atoms with van der Waals surface area (Å²) in [5.41, 5.74) is 3.38. The number of aromatic nitrogens is 3. The summed E-state index contributed by atoms with van der Waals surface area (Å²) in [5, 5.41) is 7.79. The molecule has 2 heterocycles. The number of fused-ring (bicyclic) bond motifs is 2. The Labute approximate surface area is 241 Å². The van der Waals surface area contributed by atoms with Gasteiger partial charge >= 0.3 is 6.36 Å². The molecule has 3 aliphatic carbocycles. The molecule has 0 spiro atoms. The van der Waals surface area contributed by atoms with Gasteiger partial charge in [-0.1, -0.05) is 47.6 Å². The van der Waals surface area contributed by atoms with Crippen LogP contribution in [0.2, 0.25) is 0 Å². The molecule has 1 N–H and O–H groups in total. The lowest BCUT2D eigenvalue weighted by atomic mass is 9.82. The van der Waals surface area contributed by atoms with Gasteiger partial charge in [0.25, 0.3) is 0 Å². The van der Waals surface area contributed by atoms with Crippen LogP contribution in [-0.2, 0) is 11.3 Å². The van der Waals surface area contributed by atoms with Crippen molar-refractivity contribution in [2.45, 2.75) is 69.6 Å². The zero-order valence-corrected chi connectivity index (χ0v) is 22.9. The van der Waals surface area contributed by atoms with E-state index >= 15 is 0 Å². The third-order valence-corrected chi connectivity index (χ3v) is 8.71. The Kier molecular flexibility index (Phi) is 7.09. The molecule has 0 amide bonds. The summed E-state index contributed by atoms with van der Waals surface area (Å²) in [6.45, 7) is 0.233. The van der Waals surface area contributed by atoms with Crippen LogP contribution in [0.3, 0.4) is 0 Å². The topological polar surface area (TPSA) is 82.3 Å². The van der Waals surface area contributed by atoms with Gasteiger partial charge in [0.05, 0.1) is 12.7 Å². The first-order valence-electron chi connectivity index (χ1n) is 14.5. The summed E-state index contributed by atoms with van der Waals surface area (Å²) in [7, 11) is 0. The molecule has 42 heavy (non-hydrogen) atoms. The fraction of sp³-hybridized carbons (Fsp3) is 0.406. The van der Waals surface area contributed by atoms with Crippen molar-refractivity contribution in [1.29, 1.82) is 0 Å². The number of ether oxygens (including phenoxy) is 2. The van der Waals surface area contributed by atoms with Gasteiger partial charge in [0.2, 0.25) is 5.95 Å². The van der Waals surface area contributed by atoms with E-state index in [1.807, 2.05) is 42.7 Å². The normalized spacial score (nSPS) is 23.6. The minimum absolute atomic E-state index is 0.0402. The van der Waals surface area contributed by atoms with E-state index in [-0.39, 0.29) is 36.0 Å². The molecule has 2 aromatic carbocycles. The molecule has 4 aromatic rings. The Bertz CT molecular complexity index is 1510. The van der Waals surface area contributed by atoms with E-state index in [2.05, 4.69) is 25.2 Å². The van der Waals surface area contributed by atoms with Crippen LogP contribution in [0.5, 0.6) is 5.75 Å². The Morgan fingerprint density at radius 2 is 1.55 bits per heavy atom. The zero-order chi connectivity index (χ0) is 28.7. The molecule has 0 aliphatic heterocycles. The first-order chi connectivity index (χ1) is 20.4. The highest BCUT2D eigenvalue weighted by Crippen LogP contribution is 2.47. The van der Waals surface area contributed by atoms with Crippen molar-refractivity contribution in [3.8, 4) is 28.1 Å². The molecule has 4 atom stereocenters. The van der Waals surface area contributed by atoms with Gasteiger partial charge in [-0.3, -0.25) is 0 Å². The maximum atomic E-state index is 13.1. The summed E-state index contributed by atoms with van der Waals surface area (Å²) in [6.07, 6.45) is 4.88. The van der Waals surface area contributed by atoms with Gasteiger partial charge < -0.3 is 19.3 Å². The number of para-hydroxylation sites is 1. The van der Waals surface area contributed by atoms with Crippen molar-refractivity contribution in [3.05, 3.63) is 78.3 Å². The highest BCUT2D eigenvalue weighted by atomic mass is 19.4. The largest absolute Gasteiger partial charge is 0.573 e. The first-order valence-corrected chi connectivity index (χ1v) is 14.5. The predicted molar refractivity (Wildman–Crippen MR) is 150 cm³/mol. The van der Waals surface area contributed by atoms with Gasteiger partial charge in [0.1, 0.15) is 17.2 Å². The van der Waals surface area contributed by atoms with Crippen LogP contribution in [0.15, 0.2) is 71.5 Å². The second-order valence-corrected chi connectivity index (χ2v) is 11.5. The number of nitrogens with zero attached hydrogens (tertiary/aromatic N) is 3. The van der Waals surface area contributed by atoms with Crippen LogP contribution < -0.4 is 10.1 Å². The maximum Gasteiger partial charge on any atom is 0.573 e. The highest BCUT2D eigenvalue weighted by Gasteiger charge is 2.44. The van der Waals surface area contributed by atoms with Crippen LogP contribution >= 0.6 is 0 Å². The summed E-state index contributed by atoms with van der Waals surface area (Å²) in [4.78, 5) is 9.17. The fourth-order valence-electron chi connectivity index (χ4n) is 6.59. The Hall–Kier alpha value is -3.92. The van der Waals surface area contributed by atoms with Crippen molar-refractivity contribution in [3.63, 3.8) is 0 Å². The van der Waals surface area contributed by atoms with Gasteiger partial charge in [0, 0.05) is 41.0 Å². The number of halogens is 3. The van der Waals surface area contributed by atoms with Crippen molar-refractivity contribution < 1.29 is 27.2 Å². The number of anilines is 1. The zero-order valence-electron chi connectivity index (χ0n) is 22.9. The van der Waals surface area contributed by atoms with Crippen molar-refractivity contribution in [2.24, 2.45) is 11.8 Å². The van der Waals surface area contributed by atoms with Gasteiger partial charge in [-0.05, 0) is 68.1 Å². The second-order valence-electron chi connectivity index (χ2n) is 11.5. The van der Waals surface area contributed by atoms with Crippen LogP contribution in [0.4, 0.5) is 19.1 Å². The molecule has 2 unspecified atom stereocenters. The number of nitrogens with one attached hydrogen (secondary N) is 1. The third kappa shape index (κ3) is 5.72. The molecule has 3 aliphatic rings. The van der Waals surface area contributed by atoms with Crippen LogP contribution in [0.25, 0.3) is 22.4 Å². The van der Waals surface area contributed by atoms with E-state index in [1.165, 1.54) is 12.1 Å². The van der Waals surface area contributed by atoms with Crippen LogP contribution in [-0.4, -0.2) is 33.6 Å². The third-order valence-electron chi connectivity index (χ3n) is 8.71. The van der Waals surface area contributed by atoms with Crippen molar-refractivity contribution in [2.75, 3.05) is 5.32 Å². The van der Waals surface area contributed by atoms with Gasteiger partial charge in [0.15, 0.2) is 0 Å². The standard InChI is InChI=1S/C32H31F3N4O3/c33-32(34,35)41-27-9-5-4-8-25(27)29-26(30(42-39-29)20-10-11-20)18-40-24-14-21-12-13-22(15-24)28(21)38-31-36-16-23(17-37-31)19-6-2-1-3-7-19/h1-9,16-17,20-22,24,28H,10-15,18H2,(H,36,37,38)/t21-,22+,24?,28?. The quantitative estimate of drug-likeness (QED) is 0.218. The van der Waals surface area contributed by atoms with Crippen LogP contribution in [0.1, 0.15) is 55.8 Å². The van der Waals surface area contributed by atoms with Crippen LogP contribution in [0, 0.1) is 11.8 Å². The SMILES string of the molecule is FC(F)(F)Oc1ccccc1-c1noc(C2CC2)c1COC1C[C@H]2CC[C@@H](C1)C2Nc1ncc(-c2ccccc2)cn1. The average molecular weight is 577 g/mol. The number of hydrogen-bond donors (Lipinski definition) is 1. The second kappa shape index (κ2) is 11.1. The molecule has 218 valence electrons. The molecule has 10 heteroatoms. The van der Waals surface area contributed by atoms with E-state index in [9.17, 15) is 13.2 Å². The Balaban J connectivity index is 1.03. The molecule has 2 aromatic heterocycles. The molecule has 7 nitrogen and oxygen atoms in total. The number of alkyl halides is 3. The molecule has 2 bridgehead atoms. The molecule has 7 rings (SSSR count). The summed E-state index contributed by atoms with van der Waals surface area (Å²) in [5.74, 6) is 2.13. The number of hydrogen-bond acceptors (Lipinski definition) is 7. The minimum atomic E-state index is -4.81. The number of rotatable bonds is 9. The lowest BCUT2D eigenvalue weighted by Gasteiger charge is -2.35. The maximum absolute atomic E-state index is 13.1. The average Bonchev–Trinajstić information content (AvgIpc) is 3.70. The van der Waals surface area contributed by atoms with Gasteiger partial charge in [-0.2, -0.15) is 0 Å². The lowest BCUT2D eigenvalue weighted by molar-refractivity contribution is -0.274. The molecule has 3 saturated carbocycles. The molecule has 3 fully saturated rings. The van der Waals surface area contributed by atoms with E-state index in [1.54, 1.807) is 12.1 Å². The highest BCUT2D eigenvalue weighted by molar-refractivity contribution is 5.70. The smallest absolute Gasteiger partial charge is 0.405 e.